The number of hydrogen-bond donors (Lipinski definition) is 2. The molecule has 10 nitrogen and oxygen atoms in total. The first-order chi connectivity index (χ1) is 23.4. The van der Waals surface area contributed by atoms with Gasteiger partial charge in [0.1, 0.15) is 18.0 Å². The van der Waals surface area contributed by atoms with Crippen molar-refractivity contribution in [3.05, 3.63) is 131 Å². The van der Waals surface area contributed by atoms with Gasteiger partial charge in [0.15, 0.2) is 0 Å². The maximum atomic E-state index is 13.5. The molecule has 2 N–H and O–H groups in total. The number of anilines is 1. The Bertz CT molecular complexity index is 2010. The number of nitrogens with one attached hydrogen (secondary N) is 1. The van der Waals surface area contributed by atoms with Gasteiger partial charge in [-0.25, -0.2) is 4.79 Å². The Kier molecular flexibility index (Phi) is 10.2. The van der Waals surface area contributed by atoms with Gasteiger partial charge in [-0.15, -0.1) is 0 Å². The molecule has 0 bridgehead atoms. The zero-order valence-corrected chi connectivity index (χ0v) is 25.9. The highest BCUT2D eigenvalue weighted by Gasteiger charge is 2.34. The summed E-state index contributed by atoms with van der Waals surface area (Å²) >= 11 is 0. The number of nitrogens with zero attached hydrogens (tertiary/aromatic N) is 2. The van der Waals surface area contributed by atoms with Crippen LogP contribution in [-0.2, 0) is 28.7 Å². The van der Waals surface area contributed by atoms with Crippen molar-refractivity contribution in [1.82, 2.24) is 9.88 Å². The second-order valence-electron chi connectivity index (χ2n) is 10.8. The molecule has 0 unspecified atom stereocenters. The van der Waals surface area contributed by atoms with Crippen LogP contribution < -0.4 is 14.8 Å². The summed E-state index contributed by atoms with van der Waals surface area (Å²) in [6.07, 6.45) is -3.61. The lowest BCUT2D eigenvalue weighted by atomic mass is 10.0. The van der Waals surface area contributed by atoms with Crippen molar-refractivity contribution >= 4 is 40.3 Å². The predicted octanol–water partition coefficient (Wildman–Crippen LogP) is 6.39. The molecule has 0 saturated carbocycles. The van der Waals surface area contributed by atoms with Crippen molar-refractivity contribution in [1.29, 1.82) is 0 Å². The first-order valence-corrected chi connectivity index (χ1v) is 14.7. The van der Waals surface area contributed by atoms with Crippen molar-refractivity contribution in [3.63, 3.8) is 0 Å². The van der Waals surface area contributed by atoms with Gasteiger partial charge in [0.25, 0.3) is 5.91 Å². The number of aromatic nitrogens is 1. The molecule has 49 heavy (non-hydrogen) atoms. The van der Waals surface area contributed by atoms with Crippen LogP contribution in [-0.4, -0.2) is 52.4 Å². The highest BCUT2D eigenvalue weighted by atomic mass is 19.4. The zero-order chi connectivity index (χ0) is 35.1. The summed E-state index contributed by atoms with van der Waals surface area (Å²) in [7, 11) is 1.24. The van der Waals surface area contributed by atoms with Gasteiger partial charge >= 0.3 is 18.1 Å². The number of esters is 1. The van der Waals surface area contributed by atoms with Crippen LogP contribution in [0.1, 0.15) is 37.4 Å². The molecule has 0 saturated heterocycles. The topological polar surface area (TPSA) is 135 Å². The molecule has 1 heterocycles. The molecule has 4 aromatic carbocycles. The second-order valence-corrected chi connectivity index (χ2v) is 10.8. The number of rotatable bonds is 11. The van der Waals surface area contributed by atoms with E-state index in [1.165, 1.54) is 55.6 Å². The summed E-state index contributed by atoms with van der Waals surface area (Å²) in [5, 5.41) is 12.7. The Morgan fingerprint density at radius 1 is 0.857 bits per heavy atom. The van der Waals surface area contributed by atoms with E-state index in [0.717, 1.165) is 21.9 Å². The van der Waals surface area contributed by atoms with Gasteiger partial charge < -0.3 is 24.8 Å². The number of pyridine rings is 1. The quantitative estimate of drug-likeness (QED) is 0.122. The number of amides is 2. The Balaban J connectivity index is 1.21. The van der Waals surface area contributed by atoms with E-state index in [1.807, 2.05) is 6.07 Å². The average Bonchev–Trinajstić information content (AvgIpc) is 3.08. The molecule has 13 heteroatoms. The maximum absolute atomic E-state index is 13.5. The Hall–Kier alpha value is -6.24. The van der Waals surface area contributed by atoms with Crippen molar-refractivity contribution in [2.75, 3.05) is 19.0 Å². The summed E-state index contributed by atoms with van der Waals surface area (Å²) in [5.74, 6) is -2.91. The van der Waals surface area contributed by atoms with Crippen LogP contribution in [0.5, 0.6) is 11.5 Å². The smallest absolute Gasteiger partial charge is 0.416 e. The van der Waals surface area contributed by atoms with Gasteiger partial charge in [-0.3, -0.25) is 19.4 Å². The normalized spacial score (nSPS) is 11.1. The Labute approximate surface area is 277 Å². The SMILES string of the molecule is COc1ccc(CC(=O)Nc2ccc(C(=O)N(CC(=O)O)Cc3ccc(OC(=O)c4ccc5ncccc5c4)cc3)cc2)c(C(F)(F)F)c1. The number of ether oxygens (including phenoxy) is 2. The molecule has 2 amide bonds. The highest BCUT2D eigenvalue weighted by molar-refractivity contribution is 5.98. The standard InChI is InChI=1S/C36H28F3N3O7/c1-48-29-14-8-24(30(19-29)36(37,38)39)18-32(43)41-27-10-6-23(7-11-27)34(46)42(21-33(44)45)20-22-4-12-28(13-5-22)49-35(47)26-9-15-31-25(17-26)3-2-16-40-31/h2-17,19H,18,20-21H2,1H3,(H,41,43)(H,44,45). The first-order valence-electron chi connectivity index (χ1n) is 14.7. The van der Waals surface area contributed by atoms with E-state index in [1.54, 1.807) is 42.6 Å². The van der Waals surface area contributed by atoms with Crippen LogP contribution >= 0.6 is 0 Å². The van der Waals surface area contributed by atoms with Gasteiger partial charge in [-0.2, -0.15) is 13.2 Å². The lowest BCUT2D eigenvalue weighted by molar-refractivity contribution is -0.139. The minimum absolute atomic E-state index is 0.00213. The molecule has 5 rings (SSSR count). The zero-order valence-electron chi connectivity index (χ0n) is 25.9. The Morgan fingerprint density at radius 2 is 1.55 bits per heavy atom. The summed E-state index contributed by atoms with van der Waals surface area (Å²) in [6.45, 7) is -0.701. The fourth-order valence-electron chi connectivity index (χ4n) is 4.97. The number of fused-ring (bicyclic) bond motifs is 1. The molecular formula is C36H28F3N3O7. The third-order valence-corrected chi connectivity index (χ3v) is 7.35. The molecule has 0 atom stereocenters. The number of halogens is 3. The number of carbonyl (C=O) groups excluding carboxylic acids is 3. The predicted molar refractivity (Wildman–Crippen MR) is 172 cm³/mol. The number of benzene rings is 4. The molecule has 0 aliphatic rings. The number of carboxylic acid groups (broad SMARTS) is 1. The summed E-state index contributed by atoms with van der Waals surface area (Å²) < 4.78 is 50.9. The van der Waals surface area contributed by atoms with Gasteiger partial charge in [-0.05, 0) is 83.9 Å². The van der Waals surface area contributed by atoms with Crippen LogP contribution in [0.4, 0.5) is 18.9 Å². The van der Waals surface area contributed by atoms with Crippen molar-refractivity contribution < 1.29 is 46.9 Å². The molecule has 5 aromatic rings. The Morgan fingerprint density at radius 3 is 2.22 bits per heavy atom. The minimum atomic E-state index is -4.69. The molecule has 0 radical (unpaired) electrons. The fraction of sp³-hybridized carbons (Fsp3) is 0.139. The number of methoxy groups -OCH3 is 1. The van der Waals surface area contributed by atoms with Gasteiger partial charge in [0.2, 0.25) is 5.91 Å². The monoisotopic (exact) mass is 671 g/mol. The third-order valence-electron chi connectivity index (χ3n) is 7.35. The number of aliphatic carboxylic acids is 1. The average molecular weight is 672 g/mol. The van der Waals surface area contributed by atoms with Crippen LogP contribution in [0.3, 0.4) is 0 Å². The van der Waals surface area contributed by atoms with Gasteiger partial charge in [0.05, 0.1) is 30.2 Å². The van der Waals surface area contributed by atoms with Crippen LogP contribution in [0.15, 0.2) is 103 Å². The molecule has 250 valence electrons. The van der Waals surface area contributed by atoms with E-state index in [-0.39, 0.29) is 34.9 Å². The van der Waals surface area contributed by atoms with Crippen LogP contribution in [0.2, 0.25) is 0 Å². The van der Waals surface area contributed by atoms with E-state index in [0.29, 0.717) is 11.1 Å². The fourth-order valence-corrected chi connectivity index (χ4v) is 4.97. The lowest BCUT2D eigenvalue weighted by Crippen LogP contribution is -2.35. The van der Waals surface area contributed by atoms with Gasteiger partial charge in [0, 0.05) is 29.4 Å². The summed E-state index contributed by atoms with van der Waals surface area (Å²) in [4.78, 5) is 55.5. The van der Waals surface area contributed by atoms with Crippen molar-refractivity contribution in [3.8, 4) is 11.5 Å². The maximum Gasteiger partial charge on any atom is 0.416 e. The number of carbonyl (C=O) groups is 4. The molecule has 0 aliphatic heterocycles. The third kappa shape index (κ3) is 8.77. The summed E-state index contributed by atoms with van der Waals surface area (Å²) in [6, 6.07) is 23.7. The van der Waals surface area contributed by atoms with Gasteiger partial charge in [-0.1, -0.05) is 24.3 Å². The minimum Gasteiger partial charge on any atom is -0.497 e. The van der Waals surface area contributed by atoms with E-state index in [2.05, 4.69) is 10.3 Å². The van der Waals surface area contributed by atoms with Crippen molar-refractivity contribution in [2.24, 2.45) is 0 Å². The van der Waals surface area contributed by atoms with E-state index in [9.17, 15) is 37.5 Å². The molecular weight excluding hydrogens is 643 g/mol. The number of carboxylic acids is 1. The molecule has 0 spiro atoms. The molecule has 0 fully saturated rings. The second kappa shape index (κ2) is 14.7. The highest BCUT2D eigenvalue weighted by Crippen LogP contribution is 2.35. The first kappa shape index (κ1) is 34.1. The number of hydrogen-bond acceptors (Lipinski definition) is 7. The molecule has 0 aliphatic carbocycles. The summed E-state index contributed by atoms with van der Waals surface area (Å²) in [5.41, 5.74) is 0.738. The van der Waals surface area contributed by atoms with E-state index in [4.69, 9.17) is 9.47 Å². The van der Waals surface area contributed by atoms with E-state index >= 15 is 0 Å². The lowest BCUT2D eigenvalue weighted by Gasteiger charge is -2.21. The van der Waals surface area contributed by atoms with Crippen LogP contribution in [0.25, 0.3) is 10.9 Å². The number of alkyl halides is 3. The van der Waals surface area contributed by atoms with Crippen molar-refractivity contribution in [2.45, 2.75) is 19.1 Å². The largest absolute Gasteiger partial charge is 0.497 e. The molecule has 1 aromatic heterocycles. The van der Waals surface area contributed by atoms with Crippen LogP contribution in [0, 0.1) is 0 Å². The van der Waals surface area contributed by atoms with E-state index < -0.39 is 48.5 Å².